The lowest BCUT2D eigenvalue weighted by Gasteiger charge is -2.35. The summed E-state index contributed by atoms with van der Waals surface area (Å²) in [6.07, 6.45) is 0. The number of hydrogen-bond acceptors (Lipinski definition) is 4. The van der Waals surface area contributed by atoms with Gasteiger partial charge in [-0.15, -0.1) is 0 Å². The SMILES string of the molecule is O=C(Nc1cccc2c(O)cccc12)C(=O)N1CCN(c2ccccc2)CC1. The van der Waals surface area contributed by atoms with Crippen LogP contribution in [0.2, 0.25) is 0 Å². The quantitative estimate of drug-likeness (QED) is 0.676. The lowest BCUT2D eigenvalue weighted by molar-refractivity contribution is -0.143. The van der Waals surface area contributed by atoms with Gasteiger partial charge in [0.05, 0.1) is 0 Å². The fraction of sp³-hybridized carbons (Fsp3) is 0.182. The van der Waals surface area contributed by atoms with Gasteiger partial charge in [0.25, 0.3) is 0 Å². The Hall–Kier alpha value is -3.54. The zero-order valence-corrected chi connectivity index (χ0v) is 15.3. The summed E-state index contributed by atoms with van der Waals surface area (Å²) in [4.78, 5) is 28.9. The molecule has 1 aliphatic rings. The minimum atomic E-state index is -0.663. The van der Waals surface area contributed by atoms with Crippen LogP contribution in [0.25, 0.3) is 10.8 Å². The van der Waals surface area contributed by atoms with E-state index >= 15 is 0 Å². The van der Waals surface area contributed by atoms with Crippen molar-refractivity contribution in [3.05, 3.63) is 66.7 Å². The molecule has 0 bridgehead atoms. The Morgan fingerprint density at radius 1 is 0.786 bits per heavy atom. The van der Waals surface area contributed by atoms with E-state index in [1.807, 2.05) is 30.3 Å². The summed E-state index contributed by atoms with van der Waals surface area (Å²) in [7, 11) is 0. The number of phenolic OH excluding ortho intramolecular Hbond substituents is 1. The number of carbonyl (C=O) groups is 2. The number of nitrogens with zero attached hydrogens (tertiary/aromatic N) is 2. The van der Waals surface area contributed by atoms with Crippen LogP contribution in [0.3, 0.4) is 0 Å². The van der Waals surface area contributed by atoms with Gasteiger partial charge < -0.3 is 20.2 Å². The van der Waals surface area contributed by atoms with Gasteiger partial charge in [-0.2, -0.15) is 0 Å². The predicted octanol–water partition coefficient (Wildman–Crippen LogP) is 2.83. The van der Waals surface area contributed by atoms with Gasteiger partial charge in [0.15, 0.2) is 0 Å². The van der Waals surface area contributed by atoms with Crippen molar-refractivity contribution < 1.29 is 14.7 Å². The molecule has 1 saturated heterocycles. The van der Waals surface area contributed by atoms with Crippen LogP contribution in [0.1, 0.15) is 0 Å². The van der Waals surface area contributed by atoms with Gasteiger partial charge in [-0.25, -0.2) is 0 Å². The largest absolute Gasteiger partial charge is 0.507 e. The van der Waals surface area contributed by atoms with Gasteiger partial charge >= 0.3 is 11.8 Å². The molecule has 0 saturated carbocycles. The van der Waals surface area contributed by atoms with E-state index in [0.29, 0.717) is 42.6 Å². The van der Waals surface area contributed by atoms with Crippen LogP contribution in [0.15, 0.2) is 66.7 Å². The van der Waals surface area contributed by atoms with Gasteiger partial charge in [0, 0.05) is 48.3 Å². The zero-order valence-electron chi connectivity index (χ0n) is 15.3. The number of aromatic hydroxyl groups is 1. The van der Waals surface area contributed by atoms with Gasteiger partial charge in [-0.1, -0.05) is 42.5 Å². The minimum absolute atomic E-state index is 0.136. The number of nitrogens with one attached hydrogen (secondary N) is 1. The standard InChI is InChI=1S/C22H21N3O3/c26-20-11-5-8-17-18(20)9-4-10-19(17)23-21(27)22(28)25-14-12-24(13-15-25)16-6-2-1-3-7-16/h1-11,26H,12-15H2,(H,23,27). The highest BCUT2D eigenvalue weighted by atomic mass is 16.3. The Kier molecular flexibility index (Phi) is 4.85. The van der Waals surface area contributed by atoms with Crippen LogP contribution in [-0.4, -0.2) is 48.0 Å². The Morgan fingerprint density at radius 3 is 2.21 bits per heavy atom. The third kappa shape index (κ3) is 3.49. The smallest absolute Gasteiger partial charge is 0.313 e. The number of carbonyl (C=O) groups excluding carboxylic acids is 2. The van der Waals surface area contributed by atoms with E-state index < -0.39 is 11.8 Å². The van der Waals surface area contributed by atoms with E-state index in [-0.39, 0.29) is 5.75 Å². The highest BCUT2D eigenvalue weighted by Crippen LogP contribution is 2.29. The second-order valence-electron chi connectivity index (χ2n) is 6.75. The van der Waals surface area contributed by atoms with Gasteiger partial charge in [0.2, 0.25) is 0 Å². The summed E-state index contributed by atoms with van der Waals surface area (Å²) in [5, 5.41) is 14.0. The Balaban J connectivity index is 1.42. The second kappa shape index (κ2) is 7.60. The Bertz CT molecular complexity index is 1010. The molecular formula is C22H21N3O3. The molecule has 0 spiro atoms. The molecule has 3 aromatic carbocycles. The Labute approximate surface area is 163 Å². The van der Waals surface area contributed by atoms with Crippen LogP contribution in [0.5, 0.6) is 5.75 Å². The highest BCUT2D eigenvalue weighted by Gasteiger charge is 2.26. The van der Waals surface area contributed by atoms with Gasteiger partial charge in [0.1, 0.15) is 5.75 Å². The van der Waals surface area contributed by atoms with Crippen molar-refractivity contribution in [2.45, 2.75) is 0 Å². The molecule has 0 atom stereocenters. The average molecular weight is 375 g/mol. The second-order valence-corrected chi connectivity index (χ2v) is 6.75. The first-order valence-corrected chi connectivity index (χ1v) is 9.24. The number of rotatable bonds is 2. The summed E-state index contributed by atoms with van der Waals surface area (Å²) in [5.74, 6) is -1.06. The number of amides is 2. The first kappa shape index (κ1) is 17.9. The molecule has 1 aliphatic heterocycles. The predicted molar refractivity (Wildman–Crippen MR) is 109 cm³/mol. The molecule has 28 heavy (non-hydrogen) atoms. The first-order valence-electron chi connectivity index (χ1n) is 9.24. The summed E-state index contributed by atoms with van der Waals surface area (Å²) in [6, 6.07) is 20.4. The molecule has 2 amide bonds. The molecule has 4 rings (SSSR count). The molecule has 0 unspecified atom stereocenters. The van der Waals surface area contributed by atoms with Crippen molar-refractivity contribution in [1.82, 2.24) is 4.90 Å². The van der Waals surface area contributed by atoms with E-state index in [1.54, 1.807) is 41.3 Å². The van der Waals surface area contributed by atoms with Crippen molar-refractivity contribution in [3.8, 4) is 5.75 Å². The van der Waals surface area contributed by atoms with E-state index in [0.717, 1.165) is 5.69 Å². The zero-order chi connectivity index (χ0) is 19.5. The number of para-hydroxylation sites is 1. The molecule has 6 nitrogen and oxygen atoms in total. The summed E-state index contributed by atoms with van der Waals surface area (Å²) >= 11 is 0. The molecule has 142 valence electrons. The molecule has 6 heteroatoms. The van der Waals surface area contributed by atoms with E-state index in [4.69, 9.17) is 0 Å². The summed E-state index contributed by atoms with van der Waals surface area (Å²) in [6.45, 7) is 2.37. The van der Waals surface area contributed by atoms with E-state index in [2.05, 4.69) is 10.2 Å². The van der Waals surface area contributed by atoms with Gasteiger partial charge in [-0.3, -0.25) is 9.59 Å². The van der Waals surface area contributed by atoms with Crippen molar-refractivity contribution >= 4 is 34.0 Å². The van der Waals surface area contributed by atoms with Crippen LogP contribution >= 0.6 is 0 Å². The maximum Gasteiger partial charge on any atom is 0.313 e. The summed E-state index contributed by atoms with van der Waals surface area (Å²) < 4.78 is 0. The molecule has 1 fully saturated rings. The normalized spacial score (nSPS) is 14.1. The number of benzene rings is 3. The van der Waals surface area contributed by atoms with E-state index in [9.17, 15) is 14.7 Å². The van der Waals surface area contributed by atoms with Gasteiger partial charge in [-0.05, 0) is 24.3 Å². The fourth-order valence-electron chi connectivity index (χ4n) is 3.53. The molecule has 1 heterocycles. The highest BCUT2D eigenvalue weighted by molar-refractivity contribution is 6.40. The fourth-order valence-corrected chi connectivity index (χ4v) is 3.53. The maximum atomic E-state index is 12.6. The molecule has 0 radical (unpaired) electrons. The molecule has 0 aliphatic carbocycles. The van der Waals surface area contributed by atoms with Crippen molar-refractivity contribution in [2.24, 2.45) is 0 Å². The molecule has 2 N–H and O–H groups in total. The minimum Gasteiger partial charge on any atom is -0.507 e. The first-order chi connectivity index (χ1) is 13.6. The average Bonchev–Trinajstić information content (AvgIpc) is 2.75. The maximum absolute atomic E-state index is 12.6. The number of piperazine rings is 1. The van der Waals surface area contributed by atoms with Crippen LogP contribution in [0, 0.1) is 0 Å². The third-order valence-corrected chi connectivity index (χ3v) is 5.03. The molecular weight excluding hydrogens is 354 g/mol. The Morgan fingerprint density at radius 2 is 1.46 bits per heavy atom. The molecule has 3 aromatic rings. The van der Waals surface area contributed by atoms with E-state index in [1.165, 1.54) is 0 Å². The van der Waals surface area contributed by atoms with Crippen LogP contribution in [-0.2, 0) is 9.59 Å². The third-order valence-electron chi connectivity index (χ3n) is 5.03. The van der Waals surface area contributed by atoms with Crippen LogP contribution < -0.4 is 10.2 Å². The number of fused-ring (bicyclic) bond motifs is 1. The van der Waals surface area contributed by atoms with Crippen molar-refractivity contribution in [2.75, 3.05) is 36.4 Å². The lowest BCUT2D eigenvalue weighted by Crippen LogP contribution is -2.51. The molecule has 0 aromatic heterocycles. The lowest BCUT2D eigenvalue weighted by atomic mass is 10.1. The number of phenols is 1. The monoisotopic (exact) mass is 375 g/mol. The topological polar surface area (TPSA) is 72.9 Å². The van der Waals surface area contributed by atoms with Crippen molar-refractivity contribution in [1.29, 1.82) is 0 Å². The van der Waals surface area contributed by atoms with Crippen molar-refractivity contribution in [3.63, 3.8) is 0 Å². The van der Waals surface area contributed by atoms with Crippen LogP contribution in [0.4, 0.5) is 11.4 Å². The number of hydrogen-bond donors (Lipinski definition) is 2. The number of anilines is 2. The summed E-state index contributed by atoms with van der Waals surface area (Å²) in [5.41, 5.74) is 1.63.